The van der Waals surface area contributed by atoms with Gasteiger partial charge in [-0.25, -0.2) is 14.2 Å². The maximum Gasteiger partial charge on any atom is 0.343 e. The molecule has 0 atom stereocenters. The molecule has 0 saturated heterocycles. The number of aromatic carboxylic acids is 1. The Morgan fingerprint density at radius 3 is 2.74 bits per heavy atom. The minimum absolute atomic E-state index is 0.0250. The number of aromatic nitrogens is 2. The van der Waals surface area contributed by atoms with Gasteiger partial charge in [-0.15, -0.1) is 0 Å². The van der Waals surface area contributed by atoms with Crippen LogP contribution in [0.3, 0.4) is 0 Å². The Balaban J connectivity index is 2.69. The molecule has 0 aliphatic carbocycles. The summed E-state index contributed by atoms with van der Waals surface area (Å²) >= 11 is 5.78. The van der Waals surface area contributed by atoms with Crippen LogP contribution in [-0.2, 0) is 0 Å². The molecule has 2 aromatic rings. The molecule has 2 rings (SSSR count). The molecule has 98 valence electrons. The number of hydrogen-bond donors (Lipinski definition) is 2. The van der Waals surface area contributed by atoms with Crippen LogP contribution < -0.4 is 5.56 Å². The van der Waals surface area contributed by atoms with Crippen LogP contribution in [0, 0.1) is 12.7 Å². The Morgan fingerprint density at radius 2 is 2.16 bits per heavy atom. The van der Waals surface area contributed by atoms with Crippen molar-refractivity contribution in [3.05, 3.63) is 50.7 Å². The molecule has 0 fully saturated rings. The van der Waals surface area contributed by atoms with Crippen molar-refractivity contribution in [1.82, 2.24) is 9.97 Å². The highest BCUT2D eigenvalue weighted by molar-refractivity contribution is 6.33. The number of carbonyl (C=O) groups is 1. The molecule has 0 amide bonds. The fourth-order valence-electron chi connectivity index (χ4n) is 1.65. The van der Waals surface area contributed by atoms with Crippen molar-refractivity contribution in [3.8, 4) is 11.4 Å². The van der Waals surface area contributed by atoms with E-state index in [9.17, 15) is 14.0 Å². The molecule has 0 aliphatic rings. The quantitative estimate of drug-likeness (QED) is 0.885. The number of hydrogen-bond acceptors (Lipinski definition) is 3. The van der Waals surface area contributed by atoms with Crippen molar-refractivity contribution in [2.24, 2.45) is 0 Å². The molecule has 0 saturated carbocycles. The standard InChI is InChI=1S/C12H8ClFN2O3/c1-5-8(12(18)19)11(17)16-10(15-5)6-3-2-4-7(14)9(6)13/h2-4H,1H3,(H,18,19)(H,15,16,17). The predicted octanol–water partition coefficient (Wildman–Crippen LogP) is 2.24. The van der Waals surface area contributed by atoms with Gasteiger partial charge in [-0.2, -0.15) is 0 Å². The molecule has 2 N–H and O–H groups in total. The van der Waals surface area contributed by atoms with Crippen molar-refractivity contribution in [1.29, 1.82) is 0 Å². The Morgan fingerprint density at radius 1 is 1.47 bits per heavy atom. The normalized spacial score (nSPS) is 10.5. The second-order valence-corrected chi connectivity index (χ2v) is 4.16. The van der Waals surface area contributed by atoms with E-state index in [2.05, 4.69) is 9.97 Å². The summed E-state index contributed by atoms with van der Waals surface area (Å²) in [4.78, 5) is 28.7. The second-order valence-electron chi connectivity index (χ2n) is 3.78. The summed E-state index contributed by atoms with van der Waals surface area (Å²) < 4.78 is 13.3. The number of rotatable bonds is 2. The maximum atomic E-state index is 13.3. The van der Waals surface area contributed by atoms with Gasteiger partial charge in [0.2, 0.25) is 0 Å². The van der Waals surface area contributed by atoms with Crippen molar-refractivity contribution in [2.75, 3.05) is 0 Å². The third-order valence-corrected chi connectivity index (χ3v) is 2.91. The van der Waals surface area contributed by atoms with E-state index in [1.807, 2.05) is 0 Å². The van der Waals surface area contributed by atoms with Crippen LogP contribution in [0.4, 0.5) is 4.39 Å². The van der Waals surface area contributed by atoms with Crippen LogP contribution >= 0.6 is 11.6 Å². The fraction of sp³-hybridized carbons (Fsp3) is 0.0833. The molecule has 1 aromatic heterocycles. The van der Waals surface area contributed by atoms with E-state index in [0.717, 1.165) is 0 Å². The van der Waals surface area contributed by atoms with E-state index in [1.165, 1.54) is 25.1 Å². The molecule has 0 unspecified atom stereocenters. The largest absolute Gasteiger partial charge is 0.477 e. The minimum Gasteiger partial charge on any atom is -0.477 e. The summed E-state index contributed by atoms with van der Waals surface area (Å²) in [6.07, 6.45) is 0. The maximum absolute atomic E-state index is 13.3. The number of aromatic amines is 1. The van der Waals surface area contributed by atoms with E-state index in [1.54, 1.807) is 0 Å². The highest BCUT2D eigenvalue weighted by atomic mass is 35.5. The van der Waals surface area contributed by atoms with Gasteiger partial charge in [-0.1, -0.05) is 17.7 Å². The monoisotopic (exact) mass is 282 g/mol. The predicted molar refractivity (Wildman–Crippen MR) is 67.0 cm³/mol. The van der Waals surface area contributed by atoms with E-state index < -0.39 is 22.9 Å². The van der Waals surface area contributed by atoms with Crippen LogP contribution in [-0.4, -0.2) is 21.0 Å². The smallest absolute Gasteiger partial charge is 0.343 e. The Labute approximate surface area is 111 Å². The number of benzene rings is 1. The highest BCUT2D eigenvalue weighted by Gasteiger charge is 2.17. The summed E-state index contributed by atoms with van der Waals surface area (Å²) in [5.74, 6) is -2.00. The van der Waals surface area contributed by atoms with Crippen LogP contribution in [0.25, 0.3) is 11.4 Å². The summed E-state index contributed by atoms with van der Waals surface area (Å²) in [7, 11) is 0. The molecule has 0 aliphatic heterocycles. The molecular formula is C12H8ClFN2O3. The molecule has 19 heavy (non-hydrogen) atoms. The summed E-state index contributed by atoms with van der Waals surface area (Å²) in [6, 6.07) is 4.06. The second kappa shape index (κ2) is 4.81. The first-order chi connectivity index (χ1) is 8.91. The molecule has 1 heterocycles. The Kier molecular flexibility index (Phi) is 3.35. The molecule has 7 heteroatoms. The highest BCUT2D eigenvalue weighted by Crippen LogP contribution is 2.27. The SMILES string of the molecule is Cc1nc(-c2cccc(F)c2Cl)[nH]c(=O)c1C(=O)O. The summed E-state index contributed by atoms with van der Waals surface area (Å²) in [6.45, 7) is 1.38. The minimum atomic E-state index is -1.37. The first kappa shape index (κ1) is 13.2. The molecule has 0 radical (unpaired) electrons. The third-order valence-electron chi connectivity index (χ3n) is 2.52. The zero-order valence-corrected chi connectivity index (χ0v) is 10.5. The van der Waals surface area contributed by atoms with Gasteiger partial charge in [0.05, 0.1) is 10.7 Å². The average Bonchev–Trinajstić information content (AvgIpc) is 2.31. The van der Waals surface area contributed by atoms with Gasteiger partial charge in [0.1, 0.15) is 17.2 Å². The summed E-state index contributed by atoms with van der Waals surface area (Å²) in [5.41, 5.74) is -1.03. The van der Waals surface area contributed by atoms with Gasteiger partial charge >= 0.3 is 5.97 Å². The lowest BCUT2D eigenvalue weighted by Crippen LogP contribution is -2.21. The van der Waals surface area contributed by atoms with Crippen LogP contribution in [0.5, 0.6) is 0 Å². The van der Waals surface area contributed by atoms with E-state index >= 15 is 0 Å². The van der Waals surface area contributed by atoms with Gasteiger partial charge in [-0.05, 0) is 19.1 Å². The number of aryl methyl sites for hydroxylation is 1. The number of H-pyrrole nitrogens is 1. The number of nitrogens with one attached hydrogen (secondary N) is 1. The van der Waals surface area contributed by atoms with E-state index in [0.29, 0.717) is 0 Å². The number of carboxylic acid groups (broad SMARTS) is 1. The first-order valence-electron chi connectivity index (χ1n) is 5.20. The Hall–Kier alpha value is -2.21. The van der Waals surface area contributed by atoms with Crippen molar-refractivity contribution in [2.45, 2.75) is 6.92 Å². The lowest BCUT2D eigenvalue weighted by molar-refractivity contribution is 0.0693. The van der Waals surface area contributed by atoms with Gasteiger partial charge in [0, 0.05) is 5.56 Å². The summed E-state index contributed by atoms with van der Waals surface area (Å²) in [5, 5.41) is 8.67. The van der Waals surface area contributed by atoms with Gasteiger partial charge in [0.25, 0.3) is 5.56 Å². The molecule has 5 nitrogen and oxygen atoms in total. The number of carboxylic acids is 1. The molecular weight excluding hydrogens is 275 g/mol. The number of nitrogens with zero attached hydrogens (tertiary/aromatic N) is 1. The lowest BCUT2D eigenvalue weighted by atomic mass is 10.2. The van der Waals surface area contributed by atoms with Crippen molar-refractivity contribution >= 4 is 17.6 Å². The molecule has 0 spiro atoms. The zero-order chi connectivity index (χ0) is 14.2. The topological polar surface area (TPSA) is 83.0 Å². The Bertz CT molecular complexity index is 727. The van der Waals surface area contributed by atoms with Crippen molar-refractivity contribution in [3.63, 3.8) is 0 Å². The van der Waals surface area contributed by atoms with Crippen LogP contribution in [0.15, 0.2) is 23.0 Å². The molecule has 0 bridgehead atoms. The van der Waals surface area contributed by atoms with Gasteiger partial charge in [-0.3, -0.25) is 4.79 Å². The first-order valence-corrected chi connectivity index (χ1v) is 5.58. The number of halogens is 2. The van der Waals surface area contributed by atoms with Crippen molar-refractivity contribution < 1.29 is 14.3 Å². The fourth-order valence-corrected chi connectivity index (χ4v) is 1.87. The van der Waals surface area contributed by atoms with Crippen LogP contribution in [0.1, 0.15) is 16.1 Å². The van der Waals surface area contributed by atoms with Crippen LogP contribution in [0.2, 0.25) is 5.02 Å². The average molecular weight is 283 g/mol. The molecule has 1 aromatic carbocycles. The lowest BCUT2D eigenvalue weighted by Gasteiger charge is -2.06. The van der Waals surface area contributed by atoms with E-state index in [-0.39, 0.29) is 22.1 Å². The van der Waals surface area contributed by atoms with Gasteiger partial charge < -0.3 is 10.1 Å². The zero-order valence-electron chi connectivity index (χ0n) is 9.70. The third kappa shape index (κ3) is 2.34. The van der Waals surface area contributed by atoms with Gasteiger partial charge in [0.15, 0.2) is 0 Å². The van der Waals surface area contributed by atoms with E-state index in [4.69, 9.17) is 16.7 Å².